The summed E-state index contributed by atoms with van der Waals surface area (Å²) in [7, 11) is -1.97. The van der Waals surface area contributed by atoms with Crippen molar-refractivity contribution in [2.75, 3.05) is 38.2 Å². The predicted molar refractivity (Wildman–Crippen MR) is 137 cm³/mol. The van der Waals surface area contributed by atoms with Crippen molar-refractivity contribution in [3.05, 3.63) is 40.5 Å². The fourth-order valence-corrected chi connectivity index (χ4v) is 7.67. The highest BCUT2D eigenvalue weighted by Gasteiger charge is 2.32. The number of aryl methyl sites for hydroxylation is 1. The van der Waals surface area contributed by atoms with E-state index in [2.05, 4.69) is 25.7 Å². The number of methoxy groups -OCH3 is 1. The molecule has 3 aromatic rings. The van der Waals surface area contributed by atoms with Crippen LogP contribution >= 0.6 is 11.3 Å². The summed E-state index contributed by atoms with van der Waals surface area (Å²) in [6.07, 6.45) is 3.37. The van der Waals surface area contributed by atoms with Crippen LogP contribution in [0.5, 0.6) is 5.75 Å². The Morgan fingerprint density at radius 3 is 2.44 bits per heavy atom. The summed E-state index contributed by atoms with van der Waals surface area (Å²) in [5.41, 5.74) is 1.41. The second-order valence-electron chi connectivity index (χ2n) is 9.66. The van der Waals surface area contributed by atoms with E-state index in [1.165, 1.54) is 22.2 Å². The van der Waals surface area contributed by atoms with Crippen molar-refractivity contribution in [2.45, 2.75) is 50.8 Å². The molecule has 1 aliphatic heterocycles. The zero-order valence-electron chi connectivity index (χ0n) is 20.2. The summed E-state index contributed by atoms with van der Waals surface area (Å²) in [5.74, 6) is 3.43. The molecule has 0 bridgehead atoms. The molecule has 0 radical (unpaired) electrons. The zero-order chi connectivity index (χ0) is 24.0. The van der Waals surface area contributed by atoms with Gasteiger partial charge in [-0.3, -0.25) is 0 Å². The van der Waals surface area contributed by atoms with E-state index in [0.29, 0.717) is 42.7 Å². The normalized spacial score (nSPS) is 19.6. The highest BCUT2D eigenvalue weighted by Crippen LogP contribution is 2.41. The highest BCUT2D eigenvalue weighted by atomic mass is 32.2. The summed E-state index contributed by atoms with van der Waals surface area (Å²) >= 11 is 1.82. The van der Waals surface area contributed by atoms with Gasteiger partial charge in [-0.2, -0.15) is 4.31 Å². The average molecular weight is 501 g/mol. The molecule has 9 heteroatoms. The lowest BCUT2D eigenvalue weighted by Gasteiger charge is -2.35. The Bertz CT molecular complexity index is 1290. The van der Waals surface area contributed by atoms with Gasteiger partial charge >= 0.3 is 0 Å². The molecule has 1 atom stereocenters. The quantitative estimate of drug-likeness (QED) is 0.515. The monoisotopic (exact) mass is 500 g/mol. The second kappa shape index (κ2) is 9.09. The third-order valence-electron chi connectivity index (χ3n) is 6.91. The van der Waals surface area contributed by atoms with Crippen LogP contribution < -0.4 is 9.64 Å². The van der Waals surface area contributed by atoms with Gasteiger partial charge in [0.2, 0.25) is 10.0 Å². The molecule has 182 valence electrons. The lowest BCUT2D eigenvalue weighted by atomic mass is 9.89. The molecule has 0 amide bonds. The Hall–Kier alpha value is -2.23. The maximum absolute atomic E-state index is 13.2. The van der Waals surface area contributed by atoms with Crippen LogP contribution in [0.2, 0.25) is 0 Å². The van der Waals surface area contributed by atoms with Crippen molar-refractivity contribution >= 4 is 37.4 Å². The minimum atomic E-state index is -3.55. The number of rotatable bonds is 5. The van der Waals surface area contributed by atoms with Gasteiger partial charge in [0.05, 0.1) is 17.4 Å². The molecule has 1 saturated heterocycles. The van der Waals surface area contributed by atoms with Gasteiger partial charge in [0.25, 0.3) is 0 Å². The Morgan fingerprint density at radius 1 is 1.09 bits per heavy atom. The maximum Gasteiger partial charge on any atom is 0.243 e. The Morgan fingerprint density at radius 2 is 1.79 bits per heavy atom. The number of sulfonamides is 1. The molecule has 5 rings (SSSR count). The average Bonchev–Trinajstić information content (AvgIpc) is 3.21. The molecule has 0 spiro atoms. The van der Waals surface area contributed by atoms with Gasteiger partial charge in [-0.15, -0.1) is 11.3 Å². The van der Waals surface area contributed by atoms with Gasteiger partial charge in [0.1, 0.15) is 22.2 Å². The van der Waals surface area contributed by atoms with Crippen LogP contribution in [0.1, 0.15) is 49.4 Å². The summed E-state index contributed by atoms with van der Waals surface area (Å²) in [4.78, 5) is 15.1. The highest BCUT2D eigenvalue weighted by molar-refractivity contribution is 7.89. The van der Waals surface area contributed by atoms with Gasteiger partial charge in [-0.1, -0.05) is 20.8 Å². The minimum Gasteiger partial charge on any atom is -0.497 e. The van der Waals surface area contributed by atoms with Crippen LogP contribution in [0.25, 0.3) is 10.2 Å². The second-order valence-corrected chi connectivity index (χ2v) is 12.7. The van der Waals surface area contributed by atoms with Crippen molar-refractivity contribution < 1.29 is 13.2 Å². The van der Waals surface area contributed by atoms with Gasteiger partial charge in [0, 0.05) is 37.0 Å². The van der Waals surface area contributed by atoms with E-state index in [4.69, 9.17) is 14.7 Å². The van der Waals surface area contributed by atoms with Crippen molar-refractivity contribution in [2.24, 2.45) is 5.92 Å². The van der Waals surface area contributed by atoms with E-state index in [1.807, 2.05) is 11.3 Å². The van der Waals surface area contributed by atoms with Crippen molar-refractivity contribution in [3.63, 3.8) is 0 Å². The summed E-state index contributed by atoms with van der Waals surface area (Å²) in [5, 5.41) is 1.20. The molecule has 0 unspecified atom stereocenters. The molecule has 0 N–H and O–H groups in total. The summed E-state index contributed by atoms with van der Waals surface area (Å²) in [6, 6.07) is 6.60. The fourth-order valence-electron chi connectivity index (χ4n) is 4.86. The standard InChI is InChI=1S/C25H32N4O3S2/c1-16(2)23-26-24(22-20-10-5-17(3)15-21(20)33-25(22)27-23)28-11-13-29(14-12-28)34(30,31)19-8-6-18(32-4)7-9-19/h6-9,16-17H,5,10-15H2,1-4H3/t17-/m0/s1. The Kier molecular flexibility index (Phi) is 6.29. The van der Waals surface area contributed by atoms with Gasteiger partial charge in [-0.25, -0.2) is 18.4 Å². The summed E-state index contributed by atoms with van der Waals surface area (Å²) in [6.45, 7) is 8.66. The molecule has 7 nitrogen and oxygen atoms in total. The van der Waals surface area contributed by atoms with Crippen LogP contribution in [-0.4, -0.2) is 56.0 Å². The van der Waals surface area contributed by atoms with E-state index in [1.54, 1.807) is 35.7 Å². The first-order chi connectivity index (χ1) is 16.3. The van der Waals surface area contributed by atoms with Crippen LogP contribution in [-0.2, 0) is 22.9 Å². The number of piperazine rings is 1. The lowest BCUT2D eigenvalue weighted by molar-refractivity contribution is 0.383. The van der Waals surface area contributed by atoms with Gasteiger partial charge in [-0.05, 0) is 55.0 Å². The number of aromatic nitrogens is 2. The number of hydrogen-bond acceptors (Lipinski definition) is 7. The van der Waals surface area contributed by atoms with E-state index >= 15 is 0 Å². The largest absolute Gasteiger partial charge is 0.497 e. The molecule has 0 saturated carbocycles. The van der Waals surface area contributed by atoms with Crippen LogP contribution in [0, 0.1) is 5.92 Å². The van der Waals surface area contributed by atoms with Crippen LogP contribution in [0.3, 0.4) is 0 Å². The van der Waals surface area contributed by atoms with E-state index in [0.717, 1.165) is 29.3 Å². The lowest BCUT2D eigenvalue weighted by Crippen LogP contribution is -2.49. The van der Waals surface area contributed by atoms with Gasteiger partial charge in [0.15, 0.2) is 0 Å². The molecule has 1 aliphatic carbocycles. The molecule has 1 aromatic carbocycles. The number of anilines is 1. The molecule has 1 fully saturated rings. The minimum absolute atomic E-state index is 0.234. The number of ether oxygens (including phenoxy) is 1. The number of hydrogen-bond donors (Lipinski definition) is 0. The Balaban J connectivity index is 1.44. The predicted octanol–water partition coefficient (Wildman–Crippen LogP) is 4.46. The van der Waals surface area contributed by atoms with Crippen molar-refractivity contribution in [1.29, 1.82) is 0 Å². The molecular formula is C25H32N4O3S2. The SMILES string of the molecule is COc1ccc(S(=O)(=O)N2CCN(c3nc(C(C)C)nc4sc5c(c34)CC[C@H](C)C5)CC2)cc1. The molecule has 3 heterocycles. The smallest absolute Gasteiger partial charge is 0.243 e. The summed E-state index contributed by atoms with van der Waals surface area (Å²) < 4.78 is 33.2. The third-order valence-corrected chi connectivity index (χ3v) is 9.97. The Labute approximate surface area is 205 Å². The van der Waals surface area contributed by atoms with Gasteiger partial charge < -0.3 is 9.64 Å². The maximum atomic E-state index is 13.2. The van der Waals surface area contributed by atoms with E-state index in [9.17, 15) is 8.42 Å². The first-order valence-electron chi connectivity index (χ1n) is 12.0. The van der Waals surface area contributed by atoms with Crippen LogP contribution in [0.15, 0.2) is 29.2 Å². The first kappa shape index (κ1) is 23.5. The molecular weight excluding hydrogens is 468 g/mol. The first-order valence-corrected chi connectivity index (χ1v) is 14.2. The fraction of sp³-hybridized carbons (Fsp3) is 0.520. The van der Waals surface area contributed by atoms with Crippen LogP contribution in [0.4, 0.5) is 5.82 Å². The zero-order valence-corrected chi connectivity index (χ0v) is 21.9. The third kappa shape index (κ3) is 4.18. The molecule has 2 aliphatic rings. The molecule has 34 heavy (non-hydrogen) atoms. The molecule has 2 aromatic heterocycles. The number of nitrogens with zero attached hydrogens (tertiary/aromatic N) is 4. The topological polar surface area (TPSA) is 75.6 Å². The van der Waals surface area contributed by atoms with Crippen molar-refractivity contribution in [3.8, 4) is 5.75 Å². The van der Waals surface area contributed by atoms with E-state index in [-0.39, 0.29) is 5.92 Å². The number of thiophene rings is 1. The van der Waals surface area contributed by atoms with Crippen molar-refractivity contribution in [1.82, 2.24) is 14.3 Å². The van der Waals surface area contributed by atoms with E-state index < -0.39 is 10.0 Å². The number of fused-ring (bicyclic) bond motifs is 3. The number of benzene rings is 1.